The maximum atomic E-state index is 12.7. The standard InChI is InChI=1S/C17H16ClN3O3/c1-9-11(7-8-14(22)23)17(24)21-16(19-9)15(10(2)20-21)12-5-3-4-6-13(12)18/h3-6,20H,7-8H2,1-2H3,(H,22,23). The number of benzene rings is 1. The highest BCUT2D eigenvalue weighted by molar-refractivity contribution is 6.33. The van der Waals surface area contributed by atoms with Crippen LogP contribution in [0.5, 0.6) is 0 Å². The van der Waals surface area contributed by atoms with Crippen LogP contribution >= 0.6 is 11.6 Å². The molecule has 0 aliphatic heterocycles. The SMILES string of the molecule is Cc1nc2c(-c3ccccc3Cl)c(C)[nH]n2c(=O)c1CCC(=O)O. The topological polar surface area (TPSA) is 87.5 Å². The van der Waals surface area contributed by atoms with Gasteiger partial charge in [-0.3, -0.25) is 14.7 Å². The minimum atomic E-state index is -0.946. The average molecular weight is 346 g/mol. The molecule has 0 bridgehead atoms. The molecular formula is C17H16ClN3O3. The van der Waals surface area contributed by atoms with Crippen molar-refractivity contribution in [3.63, 3.8) is 0 Å². The molecule has 0 atom stereocenters. The van der Waals surface area contributed by atoms with Gasteiger partial charge in [-0.2, -0.15) is 0 Å². The van der Waals surface area contributed by atoms with Crippen molar-refractivity contribution in [3.8, 4) is 11.1 Å². The normalized spacial score (nSPS) is 11.1. The molecule has 0 spiro atoms. The van der Waals surface area contributed by atoms with E-state index in [4.69, 9.17) is 16.7 Å². The zero-order valence-electron chi connectivity index (χ0n) is 13.3. The lowest BCUT2D eigenvalue weighted by atomic mass is 10.1. The molecule has 0 saturated heterocycles. The van der Waals surface area contributed by atoms with Gasteiger partial charge < -0.3 is 5.11 Å². The molecule has 3 rings (SSSR count). The Morgan fingerprint density at radius 2 is 2.04 bits per heavy atom. The van der Waals surface area contributed by atoms with Crippen molar-refractivity contribution < 1.29 is 9.90 Å². The highest BCUT2D eigenvalue weighted by Gasteiger charge is 2.19. The molecule has 7 heteroatoms. The Labute approximate surface area is 142 Å². The summed E-state index contributed by atoms with van der Waals surface area (Å²) in [4.78, 5) is 28.0. The van der Waals surface area contributed by atoms with E-state index in [0.717, 1.165) is 16.8 Å². The van der Waals surface area contributed by atoms with E-state index < -0.39 is 5.97 Å². The minimum absolute atomic E-state index is 0.110. The maximum Gasteiger partial charge on any atom is 0.303 e. The summed E-state index contributed by atoms with van der Waals surface area (Å²) >= 11 is 6.29. The Morgan fingerprint density at radius 1 is 1.33 bits per heavy atom. The number of aryl methyl sites for hydroxylation is 2. The highest BCUT2D eigenvalue weighted by Crippen LogP contribution is 2.32. The number of hydrogen-bond acceptors (Lipinski definition) is 3. The van der Waals surface area contributed by atoms with Crippen LogP contribution in [0.2, 0.25) is 5.02 Å². The van der Waals surface area contributed by atoms with Crippen LogP contribution in [-0.4, -0.2) is 25.7 Å². The second-order valence-corrected chi connectivity index (χ2v) is 6.03. The van der Waals surface area contributed by atoms with Crippen LogP contribution in [0, 0.1) is 13.8 Å². The smallest absolute Gasteiger partial charge is 0.303 e. The first kappa shape index (κ1) is 16.3. The molecule has 0 saturated carbocycles. The predicted molar refractivity (Wildman–Crippen MR) is 91.7 cm³/mol. The van der Waals surface area contributed by atoms with Crippen molar-refractivity contribution in [3.05, 3.63) is 56.6 Å². The van der Waals surface area contributed by atoms with Gasteiger partial charge in [-0.15, -0.1) is 0 Å². The third-order valence-corrected chi connectivity index (χ3v) is 4.32. The van der Waals surface area contributed by atoms with Gasteiger partial charge in [0.25, 0.3) is 5.56 Å². The van der Waals surface area contributed by atoms with Crippen LogP contribution in [0.1, 0.15) is 23.4 Å². The first-order valence-electron chi connectivity index (χ1n) is 7.47. The van der Waals surface area contributed by atoms with Gasteiger partial charge >= 0.3 is 5.97 Å². The Hall–Kier alpha value is -2.60. The lowest BCUT2D eigenvalue weighted by molar-refractivity contribution is -0.136. The molecule has 6 nitrogen and oxygen atoms in total. The van der Waals surface area contributed by atoms with Crippen LogP contribution in [0.25, 0.3) is 16.8 Å². The molecule has 0 fully saturated rings. The molecule has 2 aromatic heterocycles. The molecule has 2 N–H and O–H groups in total. The maximum absolute atomic E-state index is 12.7. The second-order valence-electron chi connectivity index (χ2n) is 5.63. The van der Waals surface area contributed by atoms with Crippen molar-refractivity contribution in [1.29, 1.82) is 0 Å². The summed E-state index contributed by atoms with van der Waals surface area (Å²) < 4.78 is 1.36. The lowest BCUT2D eigenvalue weighted by Crippen LogP contribution is -2.22. The molecule has 3 aromatic rings. The van der Waals surface area contributed by atoms with E-state index in [1.165, 1.54) is 4.52 Å². The number of aromatic nitrogens is 3. The van der Waals surface area contributed by atoms with Gasteiger partial charge in [-0.1, -0.05) is 29.8 Å². The Bertz CT molecular complexity index is 1000. The molecule has 0 amide bonds. The molecule has 0 aliphatic rings. The number of carboxylic acid groups (broad SMARTS) is 1. The number of carbonyl (C=O) groups is 1. The summed E-state index contributed by atoms with van der Waals surface area (Å²) in [5.41, 5.74) is 3.48. The van der Waals surface area contributed by atoms with Gasteiger partial charge in [-0.25, -0.2) is 9.50 Å². The monoisotopic (exact) mass is 345 g/mol. The van der Waals surface area contributed by atoms with Gasteiger partial charge in [0.2, 0.25) is 0 Å². The Kier molecular flexibility index (Phi) is 4.15. The first-order chi connectivity index (χ1) is 11.4. The number of fused-ring (bicyclic) bond motifs is 1. The van der Waals surface area contributed by atoms with E-state index >= 15 is 0 Å². The summed E-state index contributed by atoms with van der Waals surface area (Å²) in [7, 11) is 0. The summed E-state index contributed by atoms with van der Waals surface area (Å²) in [5, 5.41) is 12.4. The Morgan fingerprint density at radius 3 is 2.71 bits per heavy atom. The van der Waals surface area contributed by atoms with E-state index in [0.29, 0.717) is 21.9 Å². The molecule has 0 unspecified atom stereocenters. The first-order valence-corrected chi connectivity index (χ1v) is 7.85. The highest BCUT2D eigenvalue weighted by atomic mass is 35.5. The van der Waals surface area contributed by atoms with Crippen LogP contribution in [0.4, 0.5) is 0 Å². The van der Waals surface area contributed by atoms with E-state index in [9.17, 15) is 9.59 Å². The largest absolute Gasteiger partial charge is 0.481 e. The molecule has 24 heavy (non-hydrogen) atoms. The van der Waals surface area contributed by atoms with E-state index in [-0.39, 0.29) is 18.4 Å². The van der Waals surface area contributed by atoms with Crippen LogP contribution < -0.4 is 5.56 Å². The summed E-state index contributed by atoms with van der Waals surface area (Å²) in [6.07, 6.45) is 0.0380. The Balaban J connectivity index is 2.25. The number of carboxylic acids is 1. The van der Waals surface area contributed by atoms with Gasteiger partial charge in [-0.05, 0) is 26.3 Å². The van der Waals surface area contributed by atoms with Crippen molar-refractivity contribution in [2.75, 3.05) is 0 Å². The summed E-state index contributed by atoms with van der Waals surface area (Å²) in [5.74, 6) is -0.946. The van der Waals surface area contributed by atoms with Gasteiger partial charge in [0, 0.05) is 39.5 Å². The molecular weight excluding hydrogens is 330 g/mol. The number of aromatic amines is 1. The predicted octanol–water partition coefficient (Wildman–Crippen LogP) is 2.98. The summed E-state index contributed by atoms with van der Waals surface area (Å²) in [6.45, 7) is 3.57. The molecule has 0 aliphatic carbocycles. The number of aliphatic carboxylic acids is 1. The average Bonchev–Trinajstić information content (AvgIpc) is 2.84. The zero-order chi connectivity index (χ0) is 17.4. The van der Waals surface area contributed by atoms with Crippen molar-refractivity contribution in [2.45, 2.75) is 26.7 Å². The second kappa shape index (κ2) is 6.13. The molecule has 1 aromatic carbocycles. The lowest BCUT2D eigenvalue weighted by Gasteiger charge is -2.06. The number of nitrogens with one attached hydrogen (secondary N) is 1. The fraction of sp³-hybridized carbons (Fsp3) is 0.235. The van der Waals surface area contributed by atoms with Crippen molar-refractivity contribution in [2.24, 2.45) is 0 Å². The van der Waals surface area contributed by atoms with Gasteiger partial charge in [0.05, 0.1) is 0 Å². The fourth-order valence-electron chi connectivity index (χ4n) is 2.83. The number of rotatable bonds is 4. The minimum Gasteiger partial charge on any atom is -0.481 e. The number of hydrogen-bond donors (Lipinski definition) is 2. The number of nitrogens with zero attached hydrogens (tertiary/aromatic N) is 2. The van der Waals surface area contributed by atoms with E-state index in [2.05, 4.69) is 10.1 Å². The number of H-pyrrole nitrogens is 1. The quantitative estimate of drug-likeness (QED) is 0.761. The van der Waals surface area contributed by atoms with Gasteiger partial charge in [0.1, 0.15) is 0 Å². The van der Waals surface area contributed by atoms with Crippen LogP contribution in [0.3, 0.4) is 0 Å². The van der Waals surface area contributed by atoms with Crippen molar-refractivity contribution >= 4 is 23.2 Å². The van der Waals surface area contributed by atoms with Crippen LogP contribution in [0.15, 0.2) is 29.1 Å². The van der Waals surface area contributed by atoms with E-state index in [1.807, 2.05) is 25.1 Å². The third-order valence-electron chi connectivity index (χ3n) is 3.99. The third kappa shape index (κ3) is 2.69. The molecule has 2 heterocycles. The van der Waals surface area contributed by atoms with Crippen LogP contribution in [-0.2, 0) is 11.2 Å². The fourth-order valence-corrected chi connectivity index (χ4v) is 3.06. The zero-order valence-corrected chi connectivity index (χ0v) is 14.0. The van der Waals surface area contributed by atoms with Gasteiger partial charge in [0.15, 0.2) is 5.65 Å². The van der Waals surface area contributed by atoms with Crippen molar-refractivity contribution in [1.82, 2.24) is 14.6 Å². The molecule has 124 valence electrons. The molecule has 0 radical (unpaired) electrons. The van der Waals surface area contributed by atoms with E-state index in [1.54, 1.807) is 13.0 Å². The number of halogens is 1. The summed E-state index contributed by atoms with van der Waals surface area (Å²) in [6, 6.07) is 7.37.